The average Bonchev–Trinajstić information content (AvgIpc) is 3.79. The molecule has 246 valence electrons. The monoisotopic (exact) mass is 1040 g/mol. The van der Waals surface area contributed by atoms with Crippen molar-refractivity contribution in [2.24, 2.45) is 0 Å². The van der Waals surface area contributed by atoms with E-state index in [0.29, 0.717) is 0 Å². The summed E-state index contributed by atoms with van der Waals surface area (Å²) in [5.74, 6) is 0. The van der Waals surface area contributed by atoms with E-state index < -0.39 is 0 Å². The minimum atomic E-state index is 0. The zero-order valence-electron chi connectivity index (χ0n) is 26.2. The van der Waals surface area contributed by atoms with Crippen LogP contribution in [0, 0.1) is 24.3 Å². The second-order valence-electron chi connectivity index (χ2n) is 10.4. The molecular formula is C42H26N4Pt2S2. The van der Waals surface area contributed by atoms with Crippen molar-refractivity contribution in [3.63, 3.8) is 0 Å². The van der Waals surface area contributed by atoms with Crippen LogP contribution in [0.1, 0.15) is 0 Å². The Kier molecular flexibility index (Phi) is 13.6. The Labute approximate surface area is 328 Å². The normalized spacial score (nSPS) is 10.1. The van der Waals surface area contributed by atoms with E-state index in [1.165, 1.54) is 19.5 Å². The van der Waals surface area contributed by atoms with Gasteiger partial charge in [-0.25, -0.2) is 17.4 Å². The quantitative estimate of drug-likeness (QED) is 0.165. The van der Waals surface area contributed by atoms with Crippen LogP contribution in [-0.2, 0) is 42.1 Å². The number of nitrogens with zero attached hydrogens (tertiary/aromatic N) is 4. The predicted octanol–water partition coefficient (Wildman–Crippen LogP) is 10.9. The van der Waals surface area contributed by atoms with E-state index in [1.807, 2.05) is 127 Å². The summed E-state index contributed by atoms with van der Waals surface area (Å²) < 4.78 is 3.86. The zero-order valence-corrected chi connectivity index (χ0v) is 32.4. The predicted molar refractivity (Wildman–Crippen MR) is 198 cm³/mol. The fourth-order valence-electron chi connectivity index (χ4n) is 4.93. The number of thiophene rings is 2. The van der Waals surface area contributed by atoms with Gasteiger partial charge in [0.25, 0.3) is 0 Å². The summed E-state index contributed by atoms with van der Waals surface area (Å²) in [5, 5.41) is 3.34. The van der Waals surface area contributed by atoms with Gasteiger partial charge in [-0.05, 0) is 24.3 Å². The molecule has 3 aromatic carbocycles. The van der Waals surface area contributed by atoms with Gasteiger partial charge < -0.3 is 0 Å². The molecule has 0 fully saturated rings. The van der Waals surface area contributed by atoms with Gasteiger partial charge in [-0.3, -0.25) is 31.3 Å². The molecule has 0 aliphatic rings. The fourth-order valence-corrected chi connectivity index (χ4v) is 7.03. The second-order valence-corrected chi connectivity index (χ2v) is 12.3. The third-order valence-electron chi connectivity index (χ3n) is 7.19. The Morgan fingerprint density at radius 2 is 0.860 bits per heavy atom. The van der Waals surface area contributed by atoms with Gasteiger partial charge in [0.15, 0.2) is 0 Å². The molecule has 0 spiro atoms. The number of benzene rings is 3. The molecule has 9 aromatic rings. The number of hydrogen-bond donors (Lipinski definition) is 0. The molecule has 0 N–H and O–H groups in total. The number of aromatic nitrogens is 4. The topological polar surface area (TPSA) is 51.6 Å². The molecule has 4 nitrogen and oxygen atoms in total. The third-order valence-corrected chi connectivity index (χ3v) is 9.29. The largest absolute Gasteiger partial charge is 2.00 e. The van der Waals surface area contributed by atoms with Crippen LogP contribution >= 0.6 is 22.7 Å². The number of pyridine rings is 4. The minimum Gasteiger partial charge on any atom is -0.295 e. The summed E-state index contributed by atoms with van der Waals surface area (Å²) in [7, 11) is 0. The standard InChI is InChI=1S/2C16H11N2.C10H4S2.2Pt/c2*1-3-10-17-15(8-1)13-6-5-7-14(12-13)16-9-2-4-11-18-16;1-2-4-8-7(3-1)10-9(12-8)5-6-11-10;;/h2*1-11H;1-3,6H;;/q2*-1;-2;2*+2. The first kappa shape index (κ1) is 36.8. The van der Waals surface area contributed by atoms with Crippen LogP contribution < -0.4 is 0 Å². The zero-order chi connectivity index (χ0) is 32.4. The van der Waals surface area contributed by atoms with Crippen molar-refractivity contribution in [1.82, 2.24) is 19.9 Å². The maximum Gasteiger partial charge on any atom is 2.00 e. The molecule has 8 heteroatoms. The summed E-state index contributed by atoms with van der Waals surface area (Å²) in [4.78, 5) is 17.3. The Morgan fingerprint density at radius 3 is 1.26 bits per heavy atom. The molecule has 0 aliphatic heterocycles. The van der Waals surface area contributed by atoms with E-state index in [2.05, 4.69) is 50.3 Å². The van der Waals surface area contributed by atoms with Gasteiger partial charge in [-0.2, -0.15) is 34.4 Å². The van der Waals surface area contributed by atoms with Gasteiger partial charge in [-0.1, -0.05) is 75.5 Å². The van der Waals surface area contributed by atoms with Crippen LogP contribution in [0.15, 0.2) is 158 Å². The second kappa shape index (κ2) is 18.5. The summed E-state index contributed by atoms with van der Waals surface area (Å²) in [6.45, 7) is 0. The number of rotatable bonds is 4. The number of hydrogen-bond acceptors (Lipinski definition) is 6. The van der Waals surface area contributed by atoms with Crippen LogP contribution in [0.4, 0.5) is 0 Å². The maximum absolute atomic E-state index is 4.33. The van der Waals surface area contributed by atoms with Crippen molar-refractivity contribution in [3.05, 3.63) is 182 Å². The van der Waals surface area contributed by atoms with Crippen molar-refractivity contribution in [2.45, 2.75) is 0 Å². The SMILES string of the molecule is [Pt+2].[Pt+2].[c-]1c(-c2ccccn2)cccc1-c1ccccn1.[c-]1c(-c2ccccn2)cccc1-c1ccccn1.[c-]1cccc2c1sc1[c-]csc12. The molecule has 0 amide bonds. The van der Waals surface area contributed by atoms with Crippen LogP contribution in [0.2, 0.25) is 0 Å². The Hall–Kier alpha value is -4.44. The van der Waals surface area contributed by atoms with Crippen LogP contribution in [0.3, 0.4) is 0 Å². The minimum absolute atomic E-state index is 0. The molecule has 0 saturated carbocycles. The molecule has 0 atom stereocenters. The van der Waals surface area contributed by atoms with E-state index in [1.54, 1.807) is 47.5 Å². The van der Waals surface area contributed by atoms with E-state index in [9.17, 15) is 0 Å². The van der Waals surface area contributed by atoms with E-state index in [4.69, 9.17) is 0 Å². The Bertz CT molecular complexity index is 2120. The molecule has 0 radical (unpaired) electrons. The summed E-state index contributed by atoms with van der Waals surface area (Å²) in [5.41, 5.74) is 7.64. The van der Waals surface area contributed by atoms with Gasteiger partial charge >= 0.3 is 42.1 Å². The van der Waals surface area contributed by atoms with Gasteiger partial charge in [-0.15, -0.1) is 58.6 Å². The van der Waals surface area contributed by atoms with Gasteiger partial charge in [0.1, 0.15) is 0 Å². The van der Waals surface area contributed by atoms with Gasteiger partial charge in [0.2, 0.25) is 0 Å². The fraction of sp³-hybridized carbons (Fsp3) is 0. The average molecular weight is 1040 g/mol. The van der Waals surface area contributed by atoms with Gasteiger partial charge in [0, 0.05) is 47.6 Å². The first-order chi connectivity index (χ1) is 23.8. The molecule has 6 heterocycles. The van der Waals surface area contributed by atoms with Gasteiger partial charge in [0.05, 0.1) is 0 Å². The molecule has 50 heavy (non-hydrogen) atoms. The first-order valence-electron chi connectivity index (χ1n) is 15.2. The number of fused-ring (bicyclic) bond motifs is 3. The molecule has 6 aromatic heterocycles. The van der Waals surface area contributed by atoms with Crippen LogP contribution in [0.25, 0.3) is 64.5 Å². The molecule has 9 rings (SSSR count). The van der Waals surface area contributed by atoms with Crippen LogP contribution in [-0.4, -0.2) is 19.9 Å². The molecular weight excluding hydrogens is 1010 g/mol. The maximum atomic E-state index is 4.33. The molecule has 0 aliphatic carbocycles. The summed E-state index contributed by atoms with van der Waals surface area (Å²) in [6.07, 6.45) is 7.15. The molecule has 0 bridgehead atoms. The first-order valence-corrected chi connectivity index (χ1v) is 16.9. The Balaban J connectivity index is 0.000000146. The van der Waals surface area contributed by atoms with Crippen molar-refractivity contribution in [2.75, 3.05) is 0 Å². The van der Waals surface area contributed by atoms with E-state index in [0.717, 1.165) is 45.0 Å². The third kappa shape index (κ3) is 9.21. The van der Waals surface area contributed by atoms with Crippen molar-refractivity contribution >= 4 is 42.2 Å². The van der Waals surface area contributed by atoms with Crippen molar-refractivity contribution < 1.29 is 42.1 Å². The molecule has 0 unspecified atom stereocenters. The van der Waals surface area contributed by atoms with E-state index >= 15 is 0 Å². The Morgan fingerprint density at radius 1 is 0.420 bits per heavy atom. The smallest absolute Gasteiger partial charge is 0.295 e. The van der Waals surface area contributed by atoms with Crippen molar-refractivity contribution in [1.29, 1.82) is 0 Å². The van der Waals surface area contributed by atoms with Crippen LogP contribution in [0.5, 0.6) is 0 Å². The van der Waals surface area contributed by atoms with Crippen molar-refractivity contribution in [3.8, 4) is 45.0 Å². The summed E-state index contributed by atoms with van der Waals surface area (Å²) >= 11 is 3.53. The van der Waals surface area contributed by atoms with E-state index in [-0.39, 0.29) is 42.1 Å². The molecule has 0 saturated heterocycles. The summed E-state index contributed by atoms with van der Waals surface area (Å²) in [6, 6.07) is 54.8.